The van der Waals surface area contributed by atoms with Crippen molar-refractivity contribution >= 4 is 29.0 Å². The molecule has 6 nitrogen and oxygen atoms in total. The molecular weight excluding hydrogens is 306 g/mol. The second-order valence-corrected chi connectivity index (χ2v) is 6.96. The maximum atomic E-state index is 11.9. The van der Waals surface area contributed by atoms with Crippen molar-refractivity contribution in [3.05, 3.63) is 22.4 Å². The van der Waals surface area contributed by atoms with Gasteiger partial charge in [0, 0.05) is 4.88 Å². The molecule has 0 atom stereocenters. The van der Waals surface area contributed by atoms with Gasteiger partial charge in [-0.05, 0) is 34.7 Å². The molecule has 2 heterocycles. The van der Waals surface area contributed by atoms with Gasteiger partial charge in [0.25, 0.3) is 0 Å². The summed E-state index contributed by atoms with van der Waals surface area (Å²) in [6, 6.07) is 4.40. The molecule has 0 unspecified atom stereocenters. The molecule has 0 aromatic carbocycles. The summed E-state index contributed by atoms with van der Waals surface area (Å²) in [6.07, 6.45) is 4.72. The maximum Gasteiger partial charge on any atom is 0.230 e. The number of hydrogen-bond acceptors (Lipinski definition) is 6. The molecular formula is C13H17N5OS2. The first-order valence-corrected chi connectivity index (χ1v) is 8.89. The number of nitrogens with zero attached hydrogens (tertiary/aromatic N) is 4. The number of hydrogen-bond donors (Lipinski definition) is 1. The minimum Gasteiger partial charge on any atom is -0.350 e. The average molecular weight is 323 g/mol. The Bertz CT molecular complexity index is 577. The van der Waals surface area contributed by atoms with E-state index in [0.29, 0.717) is 18.3 Å². The Labute approximate surface area is 131 Å². The lowest BCUT2D eigenvalue weighted by molar-refractivity contribution is -0.118. The quantitative estimate of drug-likeness (QED) is 0.826. The van der Waals surface area contributed by atoms with Crippen LogP contribution in [0.1, 0.15) is 36.6 Å². The topological polar surface area (TPSA) is 72.7 Å². The van der Waals surface area contributed by atoms with E-state index in [1.54, 1.807) is 11.3 Å². The number of rotatable bonds is 6. The van der Waals surface area contributed by atoms with Crippen molar-refractivity contribution in [2.24, 2.45) is 0 Å². The molecule has 2 aromatic heterocycles. The SMILES string of the molecule is O=C(CSc1nnnn1C1CCCC1)NCc1cccs1. The van der Waals surface area contributed by atoms with Crippen molar-refractivity contribution in [2.75, 3.05) is 5.75 Å². The van der Waals surface area contributed by atoms with Crippen molar-refractivity contribution in [3.8, 4) is 0 Å². The molecule has 8 heteroatoms. The van der Waals surface area contributed by atoms with Crippen LogP contribution in [0.4, 0.5) is 0 Å². The molecule has 0 aliphatic heterocycles. The predicted octanol–water partition coefficient (Wildman–Crippen LogP) is 2.26. The predicted molar refractivity (Wildman–Crippen MR) is 82.2 cm³/mol. The second-order valence-electron chi connectivity index (χ2n) is 4.99. The minimum absolute atomic E-state index is 0.00868. The number of carbonyl (C=O) groups excluding carboxylic acids is 1. The third-order valence-electron chi connectivity index (χ3n) is 3.51. The Morgan fingerprint density at radius 3 is 3.10 bits per heavy atom. The summed E-state index contributed by atoms with van der Waals surface area (Å²) in [5.74, 6) is 0.354. The van der Waals surface area contributed by atoms with Crippen LogP contribution in [-0.4, -0.2) is 31.9 Å². The van der Waals surface area contributed by atoms with Crippen LogP contribution in [0.3, 0.4) is 0 Å². The van der Waals surface area contributed by atoms with Gasteiger partial charge in [0.05, 0.1) is 18.3 Å². The molecule has 2 aromatic rings. The van der Waals surface area contributed by atoms with E-state index in [-0.39, 0.29) is 5.91 Å². The zero-order chi connectivity index (χ0) is 14.5. The van der Waals surface area contributed by atoms with Gasteiger partial charge in [-0.2, -0.15) is 0 Å². The van der Waals surface area contributed by atoms with Crippen LogP contribution >= 0.6 is 23.1 Å². The zero-order valence-electron chi connectivity index (χ0n) is 11.6. The summed E-state index contributed by atoms with van der Waals surface area (Å²) >= 11 is 3.05. The zero-order valence-corrected chi connectivity index (χ0v) is 13.2. The summed E-state index contributed by atoms with van der Waals surface area (Å²) < 4.78 is 1.88. The first kappa shape index (κ1) is 14.5. The summed E-state index contributed by atoms with van der Waals surface area (Å²) in [5, 5.41) is 17.5. The van der Waals surface area contributed by atoms with Crippen molar-refractivity contribution in [1.82, 2.24) is 25.5 Å². The fourth-order valence-electron chi connectivity index (χ4n) is 2.44. The number of tetrazole rings is 1. The van der Waals surface area contributed by atoms with Crippen LogP contribution in [0.15, 0.2) is 22.7 Å². The standard InChI is InChI=1S/C13H17N5OS2/c19-12(14-8-11-6-3-7-20-11)9-21-13-15-16-17-18(13)10-4-1-2-5-10/h3,6-7,10H,1-2,4-5,8-9H2,(H,14,19). The Morgan fingerprint density at radius 2 is 2.33 bits per heavy atom. The number of amides is 1. The summed E-state index contributed by atoms with van der Waals surface area (Å²) in [7, 11) is 0. The third-order valence-corrected chi connectivity index (χ3v) is 5.32. The number of carbonyl (C=O) groups is 1. The molecule has 1 aliphatic rings. The molecule has 0 radical (unpaired) electrons. The van der Waals surface area contributed by atoms with E-state index in [1.165, 1.54) is 24.6 Å². The number of aromatic nitrogens is 4. The summed E-state index contributed by atoms with van der Waals surface area (Å²) in [5.41, 5.74) is 0. The van der Waals surface area contributed by atoms with E-state index in [9.17, 15) is 4.79 Å². The highest BCUT2D eigenvalue weighted by molar-refractivity contribution is 7.99. The van der Waals surface area contributed by atoms with Crippen LogP contribution in [0, 0.1) is 0 Å². The monoisotopic (exact) mass is 323 g/mol. The lowest BCUT2D eigenvalue weighted by Gasteiger charge is -2.10. The summed E-state index contributed by atoms with van der Waals surface area (Å²) in [6.45, 7) is 0.588. The fourth-order valence-corrected chi connectivity index (χ4v) is 3.86. The Kier molecular flexibility index (Phi) is 4.87. The van der Waals surface area contributed by atoms with Gasteiger partial charge in [-0.25, -0.2) is 4.68 Å². The highest BCUT2D eigenvalue weighted by Gasteiger charge is 2.21. The highest BCUT2D eigenvalue weighted by atomic mass is 32.2. The Balaban J connectivity index is 1.48. The van der Waals surface area contributed by atoms with Gasteiger partial charge in [-0.1, -0.05) is 30.7 Å². The second kappa shape index (κ2) is 7.04. The van der Waals surface area contributed by atoms with Crippen LogP contribution in [0.25, 0.3) is 0 Å². The minimum atomic E-state index is 0.00868. The van der Waals surface area contributed by atoms with E-state index in [0.717, 1.165) is 22.9 Å². The normalized spacial score (nSPS) is 15.4. The Morgan fingerprint density at radius 1 is 1.48 bits per heavy atom. The van der Waals surface area contributed by atoms with E-state index in [4.69, 9.17) is 0 Å². The molecule has 1 amide bonds. The van der Waals surface area contributed by atoms with E-state index < -0.39 is 0 Å². The molecule has 21 heavy (non-hydrogen) atoms. The lowest BCUT2D eigenvalue weighted by atomic mass is 10.3. The molecule has 0 saturated heterocycles. The third kappa shape index (κ3) is 3.82. The molecule has 1 fully saturated rings. The first-order chi connectivity index (χ1) is 10.3. The van der Waals surface area contributed by atoms with Gasteiger partial charge < -0.3 is 5.32 Å². The van der Waals surface area contributed by atoms with Gasteiger partial charge in [0.1, 0.15) is 0 Å². The van der Waals surface area contributed by atoms with Crippen LogP contribution in [0.2, 0.25) is 0 Å². The fraction of sp³-hybridized carbons (Fsp3) is 0.538. The lowest BCUT2D eigenvalue weighted by Crippen LogP contribution is -2.24. The van der Waals surface area contributed by atoms with Gasteiger partial charge >= 0.3 is 0 Å². The molecule has 112 valence electrons. The van der Waals surface area contributed by atoms with Gasteiger partial charge in [0.2, 0.25) is 11.1 Å². The number of thiophene rings is 1. The molecule has 3 rings (SSSR count). The number of nitrogens with one attached hydrogen (secondary N) is 1. The Hall–Kier alpha value is -1.41. The average Bonchev–Trinajstić information content (AvgIpc) is 3.24. The van der Waals surface area contributed by atoms with Crippen molar-refractivity contribution in [2.45, 2.75) is 43.4 Å². The van der Waals surface area contributed by atoms with E-state index in [2.05, 4.69) is 20.8 Å². The molecule has 0 spiro atoms. The van der Waals surface area contributed by atoms with Crippen LogP contribution in [0.5, 0.6) is 0 Å². The number of thioether (sulfide) groups is 1. The van der Waals surface area contributed by atoms with Crippen molar-refractivity contribution in [1.29, 1.82) is 0 Å². The molecule has 1 aliphatic carbocycles. The summed E-state index contributed by atoms with van der Waals surface area (Å²) in [4.78, 5) is 13.0. The molecule has 1 saturated carbocycles. The maximum absolute atomic E-state index is 11.9. The van der Waals surface area contributed by atoms with Crippen LogP contribution < -0.4 is 5.32 Å². The molecule has 0 bridgehead atoms. The van der Waals surface area contributed by atoms with E-state index >= 15 is 0 Å². The largest absolute Gasteiger partial charge is 0.350 e. The van der Waals surface area contributed by atoms with Gasteiger partial charge in [-0.15, -0.1) is 16.4 Å². The van der Waals surface area contributed by atoms with Crippen LogP contribution in [-0.2, 0) is 11.3 Å². The highest BCUT2D eigenvalue weighted by Crippen LogP contribution is 2.31. The first-order valence-electron chi connectivity index (χ1n) is 7.02. The smallest absolute Gasteiger partial charge is 0.230 e. The van der Waals surface area contributed by atoms with Crippen molar-refractivity contribution < 1.29 is 4.79 Å². The van der Waals surface area contributed by atoms with Crippen molar-refractivity contribution in [3.63, 3.8) is 0 Å². The van der Waals surface area contributed by atoms with Gasteiger partial charge in [-0.3, -0.25) is 4.79 Å². The van der Waals surface area contributed by atoms with E-state index in [1.807, 2.05) is 22.2 Å². The molecule has 1 N–H and O–H groups in total. The van der Waals surface area contributed by atoms with Gasteiger partial charge in [0.15, 0.2) is 0 Å².